The summed E-state index contributed by atoms with van der Waals surface area (Å²) in [5.74, 6) is 1.83. The van der Waals surface area contributed by atoms with E-state index in [0.717, 1.165) is 60.7 Å². The third-order valence-electron chi connectivity index (χ3n) is 7.15. The van der Waals surface area contributed by atoms with Crippen LogP contribution in [-0.2, 0) is 19.4 Å². The highest BCUT2D eigenvalue weighted by Gasteiger charge is 2.33. The van der Waals surface area contributed by atoms with Crippen molar-refractivity contribution in [3.8, 4) is 5.75 Å². The number of pyridine rings is 1. The Hall–Kier alpha value is -2.64. The van der Waals surface area contributed by atoms with Gasteiger partial charge in [-0.05, 0) is 61.1 Å². The van der Waals surface area contributed by atoms with Gasteiger partial charge in [0.1, 0.15) is 17.7 Å². The first-order valence-corrected chi connectivity index (χ1v) is 11.6. The quantitative estimate of drug-likeness (QED) is 0.746. The molecule has 2 aliphatic heterocycles. The maximum atomic E-state index is 12.7. The summed E-state index contributed by atoms with van der Waals surface area (Å²) in [6.07, 6.45) is 3.17. The van der Waals surface area contributed by atoms with E-state index in [9.17, 15) is 15.0 Å². The highest BCUT2D eigenvalue weighted by Crippen LogP contribution is 2.33. The molecule has 7 heteroatoms. The fourth-order valence-corrected chi connectivity index (χ4v) is 5.28. The van der Waals surface area contributed by atoms with Crippen LogP contribution < -0.4 is 9.64 Å². The lowest BCUT2D eigenvalue weighted by atomic mass is 10.0. The van der Waals surface area contributed by atoms with E-state index in [2.05, 4.69) is 17.0 Å². The molecule has 7 nitrogen and oxygen atoms in total. The number of aliphatic hydroxyl groups excluding tert-OH is 2. The smallest absolute Gasteiger partial charge is 0.256 e. The average molecular weight is 438 g/mol. The van der Waals surface area contributed by atoms with Gasteiger partial charge < -0.3 is 24.7 Å². The molecule has 0 saturated carbocycles. The van der Waals surface area contributed by atoms with Gasteiger partial charge >= 0.3 is 0 Å². The number of β-amino-alcohol motifs (C(OH)–C–C–N with tert-alkyl or cyclic N) is 1. The third kappa shape index (κ3) is 3.73. The number of hydrogen-bond acceptors (Lipinski definition) is 6. The van der Waals surface area contributed by atoms with Crippen LogP contribution in [0.3, 0.4) is 0 Å². The molecule has 0 bridgehead atoms. The molecule has 1 aliphatic carbocycles. The van der Waals surface area contributed by atoms with Gasteiger partial charge in [0.2, 0.25) is 0 Å². The first-order valence-electron chi connectivity index (χ1n) is 11.6. The number of carbonyl (C=O) groups is 1. The van der Waals surface area contributed by atoms with Crippen LogP contribution in [-0.4, -0.2) is 64.5 Å². The van der Waals surface area contributed by atoms with Crippen molar-refractivity contribution >= 4 is 11.7 Å². The summed E-state index contributed by atoms with van der Waals surface area (Å²) in [5, 5.41) is 19.1. The third-order valence-corrected chi connectivity index (χ3v) is 7.15. The van der Waals surface area contributed by atoms with E-state index in [1.807, 2.05) is 19.9 Å². The van der Waals surface area contributed by atoms with Crippen LogP contribution in [0.2, 0.25) is 0 Å². The Morgan fingerprint density at radius 2 is 1.88 bits per heavy atom. The number of aliphatic hydroxyl groups is 2. The van der Waals surface area contributed by atoms with E-state index in [0.29, 0.717) is 25.1 Å². The molecule has 1 unspecified atom stereocenters. The number of amides is 1. The number of benzene rings is 1. The largest absolute Gasteiger partial charge is 0.490 e. The number of piperidine rings is 1. The summed E-state index contributed by atoms with van der Waals surface area (Å²) in [6.45, 7) is 6.52. The molecular weight excluding hydrogens is 406 g/mol. The molecule has 1 amide bonds. The van der Waals surface area contributed by atoms with Gasteiger partial charge in [-0.1, -0.05) is 6.07 Å². The van der Waals surface area contributed by atoms with Crippen molar-refractivity contribution in [2.24, 2.45) is 0 Å². The number of carbonyl (C=O) groups excluding carboxylic acids is 1. The van der Waals surface area contributed by atoms with Crippen molar-refractivity contribution in [2.45, 2.75) is 58.3 Å². The molecule has 5 rings (SSSR count). The van der Waals surface area contributed by atoms with E-state index in [1.54, 1.807) is 4.90 Å². The Kier molecular flexibility index (Phi) is 5.55. The van der Waals surface area contributed by atoms with Crippen molar-refractivity contribution in [3.63, 3.8) is 0 Å². The van der Waals surface area contributed by atoms with Crippen LogP contribution in [0, 0.1) is 13.8 Å². The second-order valence-corrected chi connectivity index (χ2v) is 9.25. The van der Waals surface area contributed by atoms with Crippen LogP contribution in [0.5, 0.6) is 5.75 Å². The maximum Gasteiger partial charge on any atom is 0.256 e. The Balaban J connectivity index is 1.26. The van der Waals surface area contributed by atoms with Crippen molar-refractivity contribution in [3.05, 3.63) is 51.7 Å². The van der Waals surface area contributed by atoms with E-state index >= 15 is 0 Å². The fraction of sp³-hybridized carbons (Fsp3) is 0.520. The molecule has 2 N–H and O–H groups in total. The van der Waals surface area contributed by atoms with Crippen LogP contribution in [0.4, 0.5) is 5.82 Å². The molecule has 170 valence electrons. The zero-order chi connectivity index (χ0) is 22.4. The Morgan fingerprint density at radius 1 is 1.12 bits per heavy atom. The molecule has 3 aliphatic rings. The van der Waals surface area contributed by atoms with Crippen molar-refractivity contribution < 1.29 is 19.7 Å². The van der Waals surface area contributed by atoms with E-state index in [4.69, 9.17) is 9.72 Å². The summed E-state index contributed by atoms with van der Waals surface area (Å²) < 4.78 is 6.28. The number of anilines is 1. The average Bonchev–Trinajstić information content (AvgIpc) is 3.30. The van der Waals surface area contributed by atoms with Gasteiger partial charge in [0.15, 0.2) is 0 Å². The van der Waals surface area contributed by atoms with Crippen LogP contribution in [0.1, 0.15) is 51.1 Å². The van der Waals surface area contributed by atoms with Gasteiger partial charge in [0.25, 0.3) is 5.91 Å². The van der Waals surface area contributed by atoms with Gasteiger partial charge in [0, 0.05) is 32.5 Å². The molecule has 0 spiro atoms. The lowest BCUT2D eigenvalue weighted by molar-refractivity contribution is 0.0744. The Morgan fingerprint density at radius 3 is 2.62 bits per heavy atom. The SMILES string of the molecule is Cc1c(N2CCC(Oc3ccc4c(c3)CC(O)C4)CC2)nc2c(c1C)C(=O)N(CCO)C2. The molecule has 0 radical (unpaired) electrons. The Bertz CT molecular complexity index is 1050. The van der Waals surface area contributed by atoms with E-state index in [-0.39, 0.29) is 24.7 Å². The molecule has 1 atom stereocenters. The minimum atomic E-state index is -0.263. The topological polar surface area (TPSA) is 86.1 Å². The molecule has 3 heterocycles. The molecule has 1 aromatic carbocycles. The van der Waals surface area contributed by atoms with Crippen LogP contribution >= 0.6 is 0 Å². The molecule has 1 fully saturated rings. The standard InChI is InChI=1S/C25H31N3O4/c1-15-16(2)24(26-22-14-28(9-10-29)25(31)23(15)22)27-7-5-20(6-8-27)32-21-4-3-17-11-19(30)12-18(17)13-21/h3-4,13,19-20,29-30H,5-12,14H2,1-2H3. The van der Waals surface area contributed by atoms with E-state index < -0.39 is 0 Å². The summed E-state index contributed by atoms with van der Waals surface area (Å²) in [4.78, 5) is 21.6. The minimum Gasteiger partial charge on any atom is -0.490 e. The van der Waals surface area contributed by atoms with Crippen molar-refractivity contribution in [2.75, 3.05) is 31.1 Å². The van der Waals surface area contributed by atoms with Gasteiger partial charge in [-0.25, -0.2) is 4.98 Å². The van der Waals surface area contributed by atoms with Gasteiger partial charge in [-0.2, -0.15) is 0 Å². The highest BCUT2D eigenvalue weighted by molar-refractivity contribution is 6.00. The summed E-state index contributed by atoms with van der Waals surface area (Å²) in [6, 6.07) is 6.19. The van der Waals surface area contributed by atoms with Gasteiger partial charge in [-0.15, -0.1) is 0 Å². The Labute approximate surface area is 188 Å². The zero-order valence-corrected chi connectivity index (χ0v) is 18.8. The second kappa shape index (κ2) is 8.37. The minimum absolute atomic E-state index is 0.0253. The summed E-state index contributed by atoms with van der Waals surface area (Å²) >= 11 is 0. The van der Waals surface area contributed by atoms with E-state index in [1.165, 1.54) is 11.1 Å². The molecule has 1 saturated heterocycles. The normalized spacial score (nSPS) is 20.6. The lowest BCUT2D eigenvalue weighted by Gasteiger charge is -2.34. The number of aromatic nitrogens is 1. The zero-order valence-electron chi connectivity index (χ0n) is 18.8. The number of ether oxygens (including phenoxy) is 1. The van der Waals surface area contributed by atoms with Crippen molar-refractivity contribution in [1.29, 1.82) is 0 Å². The predicted molar refractivity (Wildman–Crippen MR) is 121 cm³/mol. The number of nitrogens with zero attached hydrogens (tertiary/aromatic N) is 3. The number of fused-ring (bicyclic) bond motifs is 2. The highest BCUT2D eigenvalue weighted by atomic mass is 16.5. The fourth-order valence-electron chi connectivity index (χ4n) is 5.28. The maximum absolute atomic E-state index is 12.7. The second-order valence-electron chi connectivity index (χ2n) is 9.25. The summed E-state index contributed by atoms with van der Waals surface area (Å²) in [5.41, 5.74) is 6.00. The summed E-state index contributed by atoms with van der Waals surface area (Å²) in [7, 11) is 0. The van der Waals surface area contributed by atoms with Crippen molar-refractivity contribution in [1.82, 2.24) is 9.88 Å². The molecule has 32 heavy (non-hydrogen) atoms. The van der Waals surface area contributed by atoms with Crippen LogP contribution in [0.15, 0.2) is 18.2 Å². The predicted octanol–water partition coefficient (Wildman–Crippen LogP) is 2.15. The number of hydrogen-bond donors (Lipinski definition) is 2. The first-order chi connectivity index (χ1) is 15.4. The van der Waals surface area contributed by atoms with Gasteiger partial charge in [0.05, 0.1) is 30.5 Å². The van der Waals surface area contributed by atoms with Gasteiger partial charge in [-0.3, -0.25) is 4.79 Å². The lowest BCUT2D eigenvalue weighted by Crippen LogP contribution is -2.39. The number of rotatable bonds is 5. The molecule has 2 aromatic rings. The van der Waals surface area contributed by atoms with Crippen LogP contribution in [0.25, 0.3) is 0 Å². The molecular formula is C25H31N3O4. The monoisotopic (exact) mass is 437 g/mol. The first kappa shape index (κ1) is 21.2. The molecule has 1 aromatic heterocycles.